The number of benzene rings is 3. The zero-order valence-electron chi connectivity index (χ0n) is 19.2. The zero-order chi connectivity index (χ0) is 23.8. The molecule has 4 nitrogen and oxygen atoms in total. The molecule has 1 aromatic heterocycles. The average molecular weight is 570 g/mol. The average Bonchev–Trinajstić information content (AvgIpc) is 3.08. The number of aromatic nitrogens is 1. The standard InChI is InChI=1S/C27H27IN2O2S/c1-19-9-12-24(13-10-19)33(31,32)30(26-14-11-20(2)15-21(26)3)18-23(28)16-22-17-29(4)27-8-6-5-7-25(22)27/h5-15,17-18H,16H2,1-4H3/b23-18-. The molecule has 0 unspecified atom stereocenters. The van der Waals surface area contributed by atoms with E-state index in [1.165, 1.54) is 15.3 Å². The second-order valence-electron chi connectivity index (χ2n) is 8.44. The molecule has 0 bridgehead atoms. The van der Waals surface area contributed by atoms with E-state index in [4.69, 9.17) is 0 Å². The Balaban J connectivity index is 1.80. The molecule has 0 aliphatic heterocycles. The Morgan fingerprint density at radius 2 is 1.64 bits per heavy atom. The van der Waals surface area contributed by atoms with Crippen molar-refractivity contribution in [2.45, 2.75) is 32.1 Å². The molecular formula is C27H27IN2O2S. The molecule has 0 aliphatic rings. The van der Waals surface area contributed by atoms with Gasteiger partial charge in [-0.15, -0.1) is 0 Å². The van der Waals surface area contributed by atoms with E-state index in [1.807, 2.05) is 70.3 Å². The van der Waals surface area contributed by atoms with Crippen LogP contribution in [-0.2, 0) is 23.5 Å². The Morgan fingerprint density at radius 1 is 0.970 bits per heavy atom. The van der Waals surface area contributed by atoms with E-state index >= 15 is 0 Å². The smallest absolute Gasteiger partial charge is 0.268 e. The fourth-order valence-electron chi connectivity index (χ4n) is 4.07. The number of aryl methyl sites for hydroxylation is 4. The summed E-state index contributed by atoms with van der Waals surface area (Å²) >= 11 is 2.26. The van der Waals surface area contributed by atoms with Gasteiger partial charge in [0.1, 0.15) is 0 Å². The molecule has 33 heavy (non-hydrogen) atoms. The maximum atomic E-state index is 13.8. The number of sulfonamides is 1. The van der Waals surface area contributed by atoms with Crippen molar-refractivity contribution < 1.29 is 8.42 Å². The highest BCUT2D eigenvalue weighted by atomic mass is 127. The number of rotatable bonds is 6. The molecule has 1 heterocycles. The van der Waals surface area contributed by atoms with E-state index < -0.39 is 10.0 Å². The van der Waals surface area contributed by atoms with Gasteiger partial charge >= 0.3 is 0 Å². The van der Waals surface area contributed by atoms with Crippen LogP contribution < -0.4 is 4.31 Å². The van der Waals surface area contributed by atoms with Gasteiger partial charge in [0.25, 0.3) is 10.0 Å². The number of allylic oxidation sites excluding steroid dienone is 1. The minimum atomic E-state index is -3.78. The summed E-state index contributed by atoms with van der Waals surface area (Å²) in [6.07, 6.45) is 4.52. The first-order valence-corrected chi connectivity index (χ1v) is 13.3. The van der Waals surface area contributed by atoms with Crippen LogP contribution in [0.2, 0.25) is 0 Å². The largest absolute Gasteiger partial charge is 0.350 e. The summed E-state index contributed by atoms with van der Waals surface area (Å²) < 4.78 is 32.0. The number of hydrogen-bond acceptors (Lipinski definition) is 2. The number of fused-ring (bicyclic) bond motifs is 1. The Labute approximate surface area is 209 Å². The van der Waals surface area contributed by atoms with Crippen molar-refractivity contribution >= 4 is 49.2 Å². The van der Waals surface area contributed by atoms with Crippen LogP contribution in [0.1, 0.15) is 22.3 Å². The fourth-order valence-corrected chi connectivity index (χ4v) is 6.38. The van der Waals surface area contributed by atoms with Crippen LogP contribution in [-0.4, -0.2) is 13.0 Å². The highest BCUT2D eigenvalue weighted by Crippen LogP contribution is 2.31. The third-order valence-corrected chi connectivity index (χ3v) is 8.11. The third-order valence-electron chi connectivity index (χ3n) is 5.76. The van der Waals surface area contributed by atoms with Crippen molar-refractivity contribution in [3.8, 4) is 0 Å². The molecule has 3 aromatic carbocycles. The lowest BCUT2D eigenvalue weighted by molar-refractivity contribution is 0.595. The molecule has 0 N–H and O–H groups in total. The fraction of sp³-hybridized carbons (Fsp3) is 0.185. The predicted molar refractivity (Wildman–Crippen MR) is 145 cm³/mol. The van der Waals surface area contributed by atoms with E-state index in [9.17, 15) is 8.42 Å². The normalized spacial score (nSPS) is 12.3. The van der Waals surface area contributed by atoms with Gasteiger partial charge in [-0.2, -0.15) is 0 Å². The molecule has 0 spiro atoms. The molecule has 0 fully saturated rings. The maximum Gasteiger partial charge on any atom is 0.268 e. The van der Waals surface area contributed by atoms with Gasteiger partial charge in [-0.1, -0.05) is 53.6 Å². The van der Waals surface area contributed by atoms with Crippen molar-refractivity contribution in [2.24, 2.45) is 7.05 Å². The van der Waals surface area contributed by atoms with Crippen LogP contribution in [0.4, 0.5) is 5.69 Å². The third kappa shape index (κ3) is 4.87. The van der Waals surface area contributed by atoms with E-state index in [1.54, 1.807) is 18.3 Å². The summed E-state index contributed by atoms with van der Waals surface area (Å²) in [6.45, 7) is 5.91. The molecule has 0 atom stereocenters. The van der Waals surface area contributed by atoms with E-state index in [-0.39, 0.29) is 4.90 Å². The highest BCUT2D eigenvalue weighted by Gasteiger charge is 2.25. The lowest BCUT2D eigenvalue weighted by Crippen LogP contribution is -2.27. The summed E-state index contributed by atoms with van der Waals surface area (Å²) in [7, 11) is -1.75. The first-order chi connectivity index (χ1) is 15.7. The number of anilines is 1. The molecule has 4 rings (SSSR count). The van der Waals surface area contributed by atoms with Crippen LogP contribution in [0.3, 0.4) is 0 Å². The molecule has 0 aliphatic carbocycles. The molecule has 0 amide bonds. The Hall–Kier alpha value is -2.58. The van der Waals surface area contributed by atoms with Gasteiger partial charge < -0.3 is 4.57 Å². The van der Waals surface area contributed by atoms with Gasteiger partial charge in [0.15, 0.2) is 0 Å². The molecular weight excluding hydrogens is 543 g/mol. The van der Waals surface area contributed by atoms with Gasteiger partial charge in [0.2, 0.25) is 0 Å². The molecule has 6 heteroatoms. The summed E-state index contributed by atoms with van der Waals surface area (Å²) in [5, 5.41) is 1.18. The lowest BCUT2D eigenvalue weighted by atomic mass is 10.1. The van der Waals surface area contributed by atoms with Crippen LogP contribution >= 0.6 is 22.6 Å². The van der Waals surface area contributed by atoms with Gasteiger partial charge in [-0.05, 0) is 78.8 Å². The van der Waals surface area contributed by atoms with Gasteiger partial charge in [-0.3, -0.25) is 0 Å². The Morgan fingerprint density at radius 3 is 2.33 bits per heavy atom. The minimum absolute atomic E-state index is 0.277. The van der Waals surface area contributed by atoms with Crippen LogP contribution in [0, 0.1) is 20.8 Å². The van der Waals surface area contributed by atoms with Crippen molar-refractivity contribution in [1.29, 1.82) is 0 Å². The summed E-state index contributed by atoms with van der Waals surface area (Å²) in [5.41, 5.74) is 6.02. The summed E-state index contributed by atoms with van der Waals surface area (Å²) in [6, 6.07) is 21.1. The molecule has 170 valence electrons. The number of halogens is 1. The van der Waals surface area contributed by atoms with Crippen molar-refractivity contribution in [2.75, 3.05) is 4.31 Å². The summed E-state index contributed by atoms with van der Waals surface area (Å²) in [5.74, 6) is 0. The SMILES string of the molecule is Cc1ccc(S(=O)(=O)N(/C=C(\I)Cc2cn(C)c3ccccc23)c2ccc(C)cc2C)cc1. The molecule has 0 radical (unpaired) electrons. The maximum absolute atomic E-state index is 13.8. The van der Waals surface area contributed by atoms with Gasteiger partial charge in [0.05, 0.1) is 10.6 Å². The van der Waals surface area contributed by atoms with Gasteiger partial charge in [-0.25, -0.2) is 12.7 Å². The van der Waals surface area contributed by atoms with Crippen LogP contribution in [0.5, 0.6) is 0 Å². The topological polar surface area (TPSA) is 42.3 Å². The second-order valence-corrected chi connectivity index (χ2v) is 11.6. The van der Waals surface area contributed by atoms with Crippen LogP contribution in [0.25, 0.3) is 10.9 Å². The molecule has 0 saturated carbocycles. The van der Waals surface area contributed by atoms with E-state index in [0.717, 1.165) is 25.8 Å². The zero-order valence-corrected chi connectivity index (χ0v) is 22.2. The first-order valence-electron chi connectivity index (χ1n) is 10.7. The van der Waals surface area contributed by atoms with Crippen molar-refractivity contribution in [1.82, 2.24) is 4.57 Å². The number of hydrogen-bond donors (Lipinski definition) is 0. The highest BCUT2D eigenvalue weighted by molar-refractivity contribution is 14.1. The Bertz CT molecular complexity index is 1450. The van der Waals surface area contributed by atoms with Crippen molar-refractivity contribution in [3.63, 3.8) is 0 Å². The summed E-state index contributed by atoms with van der Waals surface area (Å²) in [4.78, 5) is 0.277. The molecule has 4 aromatic rings. The quantitative estimate of drug-likeness (QED) is 0.239. The Kier molecular flexibility index (Phi) is 6.68. The lowest BCUT2D eigenvalue weighted by Gasteiger charge is -2.23. The first kappa shape index (κ1) is 23.6. The minimum Gasteiger partial charge on any atom is -0.350 e. The number of para-hydroxylation sites is 1. The molecule has 0 saturated heterocycles. The van der Waals surface area contributed by atoms with Crippen molar-refractivity contribution in [3.05, 3.63) is 105 Å². The monoisotopic (exact) mass is 570 g/mol. The van der Waals surface area contributed by atoms with E-state index in [0.29, 0.717) is 12.1 Å². The second kappa shape index (κ2) is 9.35. The van der Waals surface area contributed by atoms with Gasteiger partial charge in [0, 0.05) is 40.3 Å². The van der Waals surface area contributed by atoms with E-state index in [2.05, 4.69) is 45.5 Å². The predicted octanol–water partition coefficient (Wildman–Crippen LogP) is 6.82. The number of nitrogens with zero attached hydrogens (tertiary/aromatic N) is 2. The van der Waals surface area contributed by atoms with Crippen LogP contribution in [0.15, 0.2) is 87.6 Å².